The summed E-state index contributed by atoms with van der Waals surface area (Å²) in [7, 11) is 18.3. The normalized spacial score (nSPS) is 16.2. The fourth-order valence-corrected chi connectivity index (χ4v) is 10.1. The molecule has 0 bridgehead atoms. The standard InChI is InChI=1S/C20H26N4O11.C15H27N3O4S2.C12H19N3O3S4.2CH2S2/c1-20(2,3)33-19(32)21-9-8-12(25)22(10-17(30)34-23-13(26)4-5-14(23)27)11-18(31)35-24-15(28)6-7-16(24)29;1-15(2,3)22-14(21)17-9-7-11(19)18-10-12(20)16-8-5-4-6-13-23-24-13;16-8(4-6-14-11(18)12-21-22-12)15-7-9(17)13-5-2-1-3-10-19-20-10;2*1-2-3-1/h4-11H2,1-3H3,(H,21,32);13H,4-10H2,1-3H3,(H,16,20)(H,17,21)(H,18,19);10,12H,1-7H2,(H,13,17)(H,14,18)(H,15,16);2*1H2. The first-order valence-electron chi connectivity index (χ1n) is 27.3. The summed E-state index contributed by atoms with van der Waals surface area (Å²) in [6.45, 7) is 9.97. The molecule has 7 fully saturated rings. The van der Waals surface area contributed by atoms with Gasteiger partial charge in [-0.15, -0.1) is 10.1 Å². The molecule has 0 aliphatic carbocycles. The van der Waals surface area contributed by atoms with Gasteiger partial charge in [0.1, 0.15) is 28.9 Å². The van der Waals surface area contributed by atoms with Crippen molar-refractivity contribution in [1.82, 2.24) is 52.2 Å². The fourth-order valence-electron chi connectivity index (χ4n) is 6.21. The van der Waals surface area contributed by atoms with Crippen molar-refractivity contribution in [1.29, 1.82) is 0 Å². The molecule has 7 rings (SSSR count). The number of rotatable bonds is 30. The molecule has 7 heterocycles. The maximum absolute atomic E-state index is 12.6. The zero-order valence-electron chi connectivity index (χ0n) is 49.0. The molecule has 0 aromatic rings. The van der Waals surface area contributed by atoms with Crippen LogP contribution in [0.25, 0.3) is 0 Å². The number of alkyl carbamates (subject to hydrolysis) is 2. The Morgan fingerprint density at radius 1 is 0.460 bits per heavy atom. The van der Waals surface area contributed by atoms with Gasteiger partial charge >= 0.3 is 24.1 Å². The molecule has 0 aromatic heterocycles. The number of hydroxylamine groups is 4. The van der Waals surface area contributed by atoms with Crippen LogP contribution in [0.5, 0.6) is 0 Å². The highest BCUT2D eigenvalue weighted by Crippen LogP contribution is 2.56. The highest BCUT2D eigenvalue weighted by atomic mass is 33.2. The van der Waals surface area contributed by atoms with Crippen molar-refractivity contribution in [3.8, 4) is 0 Å². The van der Waals surface area contributed by atoms with E-state index < -0.39 is 78.0 Å². The number of ether oxygens (including phenoxy) is 2. The number of unbranched alkanes of at least 4 members (excludes halogenated alkanes) is 2. The van der Waals surface area contributed by atoms with Gasteiger partial charge in [0, 0.05) is 77.7 Å². The van der Waals surface area contributed by atoms with Gasteiger partial charge in [-0.2, -0.15) is 0 Å². The van der Waals surface area contributed by atoms with Crippen molar-refractivity contribution in [3.63, 3.8) is 0 Å². The monoisotopic (exact) mass is 1410 g/mol. The Balaban J connectivity index is 0.000000333. The lowest BCUT2D eigenvalue weighted by Gasteiger charge is -2.23. The molecule has 87 heavy (non-hydrogen) atoms. The number of carbonyl (C=O) groups is 14. The van der Waals surface area contributed by atoms with Gasteiger partial charge < -0.3 is 61.3 Å². The van der Waals surface area contributed by atoms with Crippen molar-refractivity contribution in [2.24, 2.45) is 0 Å². The Hall–Kier alpha value is -3.92. The summed E-state index contributed by atoms with van der Waals surface area (Å²) in [5.41, 5.74) is -1.34. The number of nitrogens with one attached hydrogen (secondary N) is 7. The van der Waals surface area contributed by atoms with E-state index in [0.29, 0.717) is 24.5 Å². The Morgan fingerprint density at radius 2 is 0.816 bits per heavy atom. The van der Waals surface area contributed by atoms with Crippen LogP contribution in [0, 0.1) is 0 Å². The van der Waals surface area contributed by atoms with E-state index in [4.69, 9.17) is 19.1 Å². The van der Waals surface area contributed by atoms with Crippen LogP contribution in [0.1, 0.15) is 125 Å². The van der Waals surface area contributed by atoms with Crippen LogP contribution in [0.2, 0.25) is 0 Å². The minimum absolute atomic E-state index is 0.00453. The van der Waals surface area contributed by atoms with Crippen LogP contribution in [0.15, 0.2) is 0 Å². The Kier molecular flexibility index (Phi) is 37.5. The maximum Gasteiger partial charge on any atom is 0.407 e. The molecule has 7 saturated heterocycles. The van der Waals surface area contributed by atoms with E-state index in [0.717, 1.165) is 34.8 Å². The predicted octanol–water partition coefficient (Wildman–Crippen LogP) is 4.98. The molecule has 0 spiro atoms. The molecule has 0 radical (unpaired) electrons. The molecule has 7 aliphatic heterocycles. The minimum Gasteiger partial charge on any atom is -0.444 e. The first-order valence-corrected chi connectivity index (χ1v) is 39.1. The topological polar surface area (TPSA) is 370 Å². The summed E-state index contributed by atoms with van der Waals surface area (Å²) in [6, 6.07) is 0. The summed E-state index contributed by atoms with van der Waals surface area (Å²) in [5.74, 6) is -7.12. The zero-order chi connectivity index (χ0) is 64.4. The predicted molar refractivity (Wildman–Crippen MR) is 343 cm³/mol. The van der Waals surface area contributed by atoms with E-state index in [-0.39, 0.29) is 115 Å². The van der Waals surface area contributed by atoms with Crippen LogP contribution >= 0.6 is 108 Å². The SMILES string of the molecule is C1SS1.C1SS1.CC(C)(C)OC(=O)NCCC(=O)N(CC(=O)ON1C(=O)CCC1=O)CC(=O)ON1C(=O)CCC1=O.CC(C)(C)OC(=O)NCCC(=O)NCC(=O)NCCCCC1SS1.O=C(CCNC(=O)C1SS1)NCC(=O)NCCCCC1SS1. The first-order chi connectivity index (χ1) is 41.2. The fraction of sp³-hybridized carbons (Fsp3) is 0.714. The van der Waals surface area contributed by atoms with E-state index in [1.165, 1.54) is 44.6 Å². The van der Waals surface area contributed by atoms with E-state index in [2.05, 4.69) is 37.2 Å². The lowest BCUT2D eigenvalue weighted by molar-refractivity contribution is -0.201. The summed E-state index contributed by atoms with van der Waals surface area (Å²) >= 11 is 0. The molecule has 38 heteroatoms. The Bertz CT molecular complexity index is 2280. The van der Waals surface area contributed by atoms with E-state index >= 15 is 0 Å². The Labute approximate surface area is 544 Å². The number of imide groups is 2. The molecule has 490 valence electrons. The van der Waals surface area contributed by atoms with Crippen LogP contribution < -0.4 is 37.2 Å². The smallest absolute Gasteiger partial charge is 0.407 e. The summed E-state index contributed by atoms with van der Waals surface area (Å²) in [5, 5.41) is 21.4. The molecular weight excluding hydrogens is 1340 g/mol. The van der Waals surface area contributed by atoms with Gasteiger partial charge in [-0.05, 0) is 80.1 Å². The highest BCUT2D eigenvalue weighted by molar-refractivity contribution is 8.93. The third-order valence-electron chi connectivity index (χ3n) is 10.4. The Morgan fingerprint density at radius 3 is 1.15 bits per heavy atom. The number of hydrogen-bond donors (Lipinski definition) is 7. The maximum atomic E-state index is 12.6. The van der Waals surface area contributed by atoms with E-state index in [1.807, 2.05) is 86.4 Å². The van der Waals surface area contributed by atoms with Crippen LogP contribution in [-0.2, 0) is 76.7 Å². The number of carbonyl (C=O) groups excluding carboxylic acids is 14. The summed E-state index contributed by atoms with van der Waals surface area (Å²) in [6.07, 6.45) is 4.51. The van der Waals surface area contributed by atoms with Crippen molar-refractivity contribution in [2.75, 3.05) is 69.1 Å². The van der Waals surface area contributed by atoms with Gasteiger partial charge in [-0.25, -0.2) is 19.2 Å². The van der Waals surface area contributed by atoms with Crippen molar-refractivity contribution in [2.45, 2.75) is 150 Å². The lowest BCUT2D eigenvalue weighted by Crippen LogP contribution is -2.45. The van der Waals surface area contributed by atoms with Crippen molar-refractivity contribution >= 4 is 191 Å². The molecule has 28 nitrogen and oxygen atoms in total. The lowest BCUT2D eigenvalue weighted by atomic mass is 10.2. The third-order valence-corrected chi connectivity index (χ3v) is 19.0. The molecule has 0 atom stereocenters. The van der Waals surface area contributed by atoms with Gasteiger partial charge in [0.25, 0.3) is 23.6 Å². The van der Waals surface area contributed by atoms with Crippen molar-refractivity contribution in [3.05, 3.63) is 0 Å². The van der Waals surface area contributed by atoms with Crippen LogP contribution in [0.4, 0.5) is 9.59 Å². The molecular formula is C49H76N10O18S10. The molecule has 12 amide bonds. The zero-order valence-corrected chi connectivity index (χ0v) is 57.1. The van der Waals surface area contributed by atoms with Gasteiger partial charge in [0.15, 0.2) is 0 Å². The average Bonchev–Trinajstić information content (AvgIpc) is 4.40. The summed E-state index contributed by atoms with van der Waals surface area (Å²) in [4.78, 5) is 174. The van der Waals surface area contributed by atoms with Gasteiger partial charge in [-0.3, -0.25) is 47.9 Å². The summed E-state index contributed by atoms with van der Waals surface area (Å²) < 4.78 is 11.6. The van der Waals surface area contributed by atoms with Gasteiger partial charge in [0.05, 0.1) is 32.4 Å². The number of hydrogen-bond acceptors (Lipinski definition) is 28. The minimum atomic E-state index is -1.21. The number of nitrogens with zero attached hydrogens (tertiary/aromatic N) is 3. The van der Waals surface area contributed by atoms with E-state index in [1.54, 1.807) is 41.5 Å². The molecule has 7 N–H and O–H groups in total. The highest BCUT2D eigenvalue weighted by Gasteiger charge is 2.37. The second-order valence-corrected chi connectivity index (χ2v) is 34.8. The molecule has 0 unspecified atom stereocenters. The van der Waals surface area contributed by atoms with E-state index in [9.17, 15) is 67.1 Å². The second kappa shape index (κ2) is 42.2. The van der Waals surface area contributed by atoms with Gasteiger partial charge in [-0.1, -0.05) is 108 Å². The molecule has 0 saturated carbocycles. The van der Waals surface area contributed by atoms with Crippen molar-refractivity contribution < 1.29 is 86.3 Å². The van der Waals surface area contributed by atoms with Crippen LogP contribution in [-0.4, -0.2) is 192 Å². The quantitative estimate of drug-likeness (QED) is 0.0216. The average molecular weight is 1410 g/mol. The first kappa shape index (κ1) is 77.3. The number of amides is 12. The molecule has 0 aromatic carbocycles. The van der Waals surface area contributed by atoms with Crippen LogP contribution in [0.3, 0.4) is 0 Å². The third kappa shape index (κ3) is 42.7. The largest absolute Gasteiger partial charge is 0.444 e. The van der Waals surface area contributed by atoms with Gasteiger partial charge in [0.2, 0.25) is 35.4 Å². The molecule has 7 aliphatic rings. The second-order valence-electron chi connectivity index (χ2n) is 20.5.